The van der Waals surface area contributed by atoms with E-state index in [9.17, 15) is 5.16 Å². The predicted molar refractivity (Wildman–Crippen MR) is 86.6 cm³/mol. The van der Waals surface area contributed by atoms with Gasteiger partial charge in [-0.3, -0.25) is 0 Å². The number of nitrogens with zero attached hydrogens (tertiary/aromatic N) is 2. The fourth-order valence-electron chi connectivity index (χ4n) is 2.22. The maximum atomic E-state index is 10.4. The van der Waals surface area contributed by atoms with Gasteiger partial charge in [-0.15, -0.1) is 0 Å². The molecule has 0 aromatic rings. The minimum atomic E-state index is -1.69. The van der Waals surface area contributed by atoms with Gasteiger partial charge in [-0.25, -0.2) is 7.05 Å². The van der Waals surface area contributed by atoms with Crippen molar-refractivity contribution < 1.29 is 43.4 Å². The zero-order valence-corrected chi connectivity index (χ0v) is 17.5. The van der Waals surface area contributed by atoms with Crippen LogP contribution in [0.2, 0.25) is 0 Å². The second-order valence-corrected chi connectivity index (χ2v) is 10.1. The van der Waals surface area contributed by atoms with Crippen LogP contribution in [0.4, 0.5) is 0 Å². The molecule has 0 aromatic heterocycles. The summed E-state index contributed by atoms with van der Waals surface area (Å²) >= 11 is 0. The van der Waals surface area contributed by atoms with E-state index in [1.54, 1.807) is 24.3 Å². The third-order valence-corrected chi connectivity index (χ3v) is 8.20. The van der Waals surface area contributed by atoms with E-state index in [0.717, 1.165) is 0 Å². The van der Waals surface area contributed by atoms with Crippen LogP contribution in [0.15, 0.2) is 24.3 Å². The molecule has 21 heavy (non-hydrogen) atoms. The molecule has 0 bridgehead atoms. The molecular formula is C15H26Cl2N2PV-3. The van der Waals surface area contributed by atoms with Crippen LogP contribution in [0.25, 0.3) is 10.6 Å². The number of halogens is 2. The van der Waals surface area contributed by atoms with E-state index in [1.807, 2.05) is 6.42 Å². The Morgan fingerprint density at radius 2 is 1.14 bits per heavy atom. The zero-order chi connectivity index (χ0) is 14.3. The minimum Gasteiger partial charge on any atom is -1.00 e. The van der Waals surface area contributed by atoms with Crippen LogP contribution in [0.5, 0.6) is 0 Å². The van der Waals surface area contributed by atoms with Crippen molar-refractivity contribution in [3.8, 4) is 0 Å². The molecule has 0 saturated carbocycles. The van der Waals surface area contributed by atoms with Gasteiger partial charge >= 0.3 is 0 Å². The predicted octanol–water partition coefficient (Wildman–Crippen LogP) is -0.685. The summed E-state index contributed by atoms with van der Waals surface area (Å²) in [6.45, 7) is 12.8. The van der Waals surface area contributed by atoms with E-state index in [2.05, 4.69) is 41.5 Å². The molecule has 2 nitrogen and oxygen atoms in total. The van der Waals surface area contributed by atoms with Gasteiger partial charge in [0.15, 0.2) is 0 Å². The SMILES string of the molecule is CC(C)P(=[N-])(C(C)C)C(C)C.[Cl-].[Cl-].[N-]=C1C=C[CH+]C=C1.[V]. The number of hydrogen-bond acceptors (Lipinski definition) is 0. The molecule has 0 amide bonds. The Kier molecular flexibility index (Phi) is 19.7. The Hall–Kier alpha value is 0.414. The molecule has 0 aromatic carbocycles. The maximum Gasteiger partial charge on any atom is 0.0465 e. The summed E-state index contributed by atoms with van der Waals surface area (Å²) in [6, 6.07) is 0. The summed E-state index contributed by atoms with van der Waals surface area (Å²) in [5.41, 5.74) is 1.66. The Morgan fingerprint density at radius 3 is 1.24 bits per heavy atom. The van der Waals surface area contributed by atoms with Gasteiger partial charge in [0.25, 0.3) is 0 Å². The fraction of sp³-hybridized carbons (Fsp3) is 0.600. The zero-order valence-electron chi connectivity index (χ0n) is 13.7. The summed E-state index contributed by atoms with van der Waals surface area (Å²) in [4.78, 5) is 0. The van der Waals surface area contributed by atoms with Crippen LogP contribution in [0.3, 0.4) is 0 Å². The van der Waals surface area contributed by atoms with E-state index in [1.165, 1.54) is 0 Å². The van der Waals surface area contributed by atoms with Crippen molar-refractivity contribution in [1.29, 1.82) is 0 Å². The fourth-order valence-corrected chi connectivity index (χ4v) is 5.79. The van der Waals surface area contributed by atoms with E-state index in [-0.39, 0.29) is 43.4 Å². The van der Waals surface area contributed by atoms with E-state index in [4.69, 9.17) is 5.41 Å². The Bertz CT molecular complexity index is 335. The van der Waals surface area contributed by atoms with Gasteiger partial charge in [0.1, 0.15) is 0 Å². The molecule has 0 fully saturated rings. The van der Waals surface area contributed by atoms with Crippen molar-refractivity contribution in [2.24, 2.45) is 0 Å². The van der Waals surface area contributed by atoms with Crippen molar-refractivity contribution >= 4 is 12.8 Å². The third kappa shape index (κ3) is 9.92. The number of rotatable bonds is 3. The first kappa shape index (κ1) is 29.4. The Balaban J connectivity index is -0.000000127. The monoisotopic (exact) mass is 386 g/mol. The molecule has 123 valence electrons. The molecule has 1 rings (SSSR count). The average Bonchev–Trinajstić information content (AvgIpc) is 2.28. The number of hydrogen-bond donors (Lipinski definition) is 0. The van der Waals surface area contributed by atoms with Crippen LogP contribution < -0.4 is 24.8 Å². The molecule has 0 heterocycles. The molecule has 0 spiro atoms. The van der Waals surface area contributed by atoms with Crippen LogP contribution in [0, 0.1) is 6.42 Å². The van der Waals surface area contributed by atoms with Gasteiger partial charge in [0.05, 0.1) is 0 Å². The summed E-state index contributed by atoms with van der Waals surface area (Å²) in [7, 11) is -1.69. The van der Waals surface area contributed by atoms with Crippen molar-refractivity contribution in [3.63, 3.8) is 0 Å². The van der Waals surface area contributed by atoms with E-state index >= 15 is 0 Å². The van der Waals surface area contributed by atoms with Gasteiger partial charge in [-0.05, 0) is 22.7 Å². The molecule has 0 N–H and O–H groups in total. The van der Waals surface area contributed by atoms with Gasteiger partial charge < -0.3 is 35.4 Å². The smallest absolute Gasteiger partial charge is 0.0465 e. The summed E-state index contributed by atoms with van der Waals surface area (Å²) in [5, 5.41) is 19.0. The number of allylic oxidation sites excluding steroid dienone is 4. The van der Waals surface area contributed by atoms with Gasteiger partial charge in [0.2, 0.25) is 0 Å². The van der Waals surface area contributed by atoms with Crippen molar-refractivity contribution in [3.05, 3.63) is 41.3 Å². The van der Waals surface area contributed by atoms with Crippen LogP contribution in [0.1, 0.15) is 41.5 Å². The second-order valence-electron chi connectivity index (χ2n) is 5.41. The van der Waals surface area contributed by atoms with Crippen molar-refractivity contribution in [2.45, 2.75) is 58.5 Å². The summed E-state index contributed by atoms with van der Waals surface area (Å²) in [6.07, 6.45) is 8.71. The molecule has 0 unspecified atom stereocenters. The van der Waals surface area contributed by atoms with E-state index < -0.39 is 7.05 Å². The summed E-state index contributed by atoms with van der Waals surface area (Å²) in [5.74, 6) is 0. The van der Waals surface area contributed by atoms with E-state index in [0.29, 0.717) is 22.7 Å². The van der Waals surface area contributed by atoms with Crippen molar-refractivity contribution in [1.82, 2.24) is 0 Å². The molecule has 6 heteroatoms. The molecular weight excluding hydrogens is 361 g/mol. The van der Waals surface area contributed by atoms with Crippen molar-refractivity contribution in [2.75, 3.05) is 0 Å². The average molecular weight is 387 g/mol. The van der Waals surface area contributed by atoms with Crippen LogP contribution >= 0.6 is 7.05 Å². The Morgan fingerprint density at radius 1 is 0.857 bits per heavy atom. The molecule has 1 radical (unpaired) electrons. The normalized spacial score (nSPS) is 12.7. The molecule has 0 saturated heterocycles. The maximum absolute atomic E-state index is 10.4. The largest absolute Gasteiger partial charge is 1.00 e. The molecule has 0 atom stereocenters. The van der Waals surface area contributed by atoms with Gasteiger partial charge in [-0.1, -0.05) is 41.5 Å². The second kappa shape index (κ2) is 14.0. The third-order valence-electron chi connectivity index (χ3n) is 3.24. The van der Waals surface area contributed by atoms with Gasteiger partial charge in [-0.2, -0.15) is 0 Å². The molecule has 0 aliphatic heterocycles. The molecule has 1 aliphatic carbocycles. The van der Waals surface area contributed by atoms with Crippen LogP contribution in [-0.4, -0.2) is 22.7 Å². The molecule has 1 aliphatic rings. The van der Waals surface area contributed by atoms with Crippen LogP contribution in [-0.2, 0) is 18.6 Å². The minimum absolute atomic E-state index is 0. The first-order chi connectivity index (χ1) is 8.22. The van der Waals surface area contributed by atoms with Gasteiger partial charge in [0, 0.05) is 49.3 Å². The Labute approximate surface area is 155 Å². The first-order valence-electron chi connectivity index (χ1n) is 6.57. The topological polar surface area (TPSA) is 44.6 Å². The summed E-state index contributed by atoms with van der Waals surface area (Å²) < 4.78 is 0. The quantitative estimate of drug-likeness (QED) is 0.455. The first-order valence-corrected chi connectivity index (χ1v) is 8.52. The standard InChI is InChI=1S/C9H21NP.C6H5N.2ClH.V/c1-7(2)11(10,8(3)4)9(5)6;7-6-4-2-1-3-5-6;;;/h7-9H,1-6H3;1-5H;2*1H;/q-1;;;;/p-2.